The van der Waals surface area contributed by atoms with Gasteiger partial charge in [0, 0.05) is 11.1 Å². The lowest BCUT2D eigenvalue weighted by molar-refractivity contribution is 0.465. The van der Waals surface area contributed by atoms with Gasteiger partial charge >= 0.3 is 0 Å². The highest BCUT2D eigenvalue weighted by molar-refractivity contribution is 7.09. The first-order valence-electron chi connectivity index (χ1n) is 4.06. The van der Waals surface area contributed by atoms with E-state index in [2.05, 4.69) is 10.3 Å². The first-order valence-corrected chi connectivity index (χ1v) is 4.94. The summed E-state index contributed by atoms with van der Waals surface area (Å²) in [5.74, 6) is 0.781. The van der Waals surface area contributed by atoms with Gasteiger partial charge in [-0.05, 0) is 31.8 Å². The Bertz CT molecular complexity index is 210. The fourth-order valence-electron chi connectivity index (χ4n) is 1.53. The molecule has 0 aromatic carbocycles. The third-order valence-electron chi connectivity index (χ3n) is 2.19. The molecule has 1 saturated heterocycles. The van der Waals surface area contributed by atoms with Crippen LogP contribution >= 0.6 is 36.2 Å². The van der Waals surface area contributed by atoms with Gasteiger partial charge in [-0.15, -0.1) is 36.2 Å². The molecule has 0 amide bonds. The zero-order valence-corrected chi connectivity index (χ0v) is 9.68. The molecule has 1 aliphatic heterocycles. The van der Waals surface area contributed by atoms with Crippen molar-refractivity contribution in [3.05, 3.63) is 16.6 Å². The van der Waals surface area contributed by atoms with E-state index in [-0.39, 0.29) is 24.8 Å². The molecule has 1 N–H and O–H groups in total. The second-order valence-electron chi connectivity index (χ2n) is 2.93. The number of nitrogens with one attached hydrogen (secondary N) is 1. The number of hydrogen-bond acceptors (Lipinski definition) is 3. The maximum absolute atomic E-state index is 4.10. The van der Waals surface area contributed by atoms with Gasteiger partial charge in [0.25, 0.3) is 0 Å². The molecular weight excluding hydrogens is 227 g/mol. The Morgan fingerprint density at radius 1 is 1.31 bits per heavy atom. The van der Waals surface area contributed by atoms with Crippen LogP contribution in [-0.2, 0) is 0 Å². The molecule has 0 atom stereocenters. The summed E-state index contributed by atoms with van der Waals surface area (Å²) in [4.78, 5) is 5.56. The van der Waals surface area contributed by atoms with Crippen LogP contribution in [0.5, 0.6) is 0 Å². The van der Waals surface area contributed by atoms with Crippen molar-refractivity contribution < 1.29 is 0 Å². The van der Waals surface area contributed by atoms with E-state index in [1.807, 2.05) is 11.7 Å². The topological polar surface area (TPSA) is 24.9 Å². The number of thiazole rings is 1. The Morgan fingerprint density at radius 2 is 2.00 bits per heavy atom. The number of nitrogens with zero attached hydrogens (tertiary/aromatic N) is 1. The molecular formula is C8H14Cl2N2S. The van der Waals surface area contributed by atoms with Gasteiger partial charge in [-0.3, -0.25) is 4.98 Å². The first kappa shape index (κ1) is 13.2. The maximum Gasteiger partial charge on any atom is 0.0794 e. The summed E-state index contributed by atoms with van der Waals surface area (Å²) in [5.41, 5.74) is 1.93. The van der Waals surface area contributed by atoms with Crippen LogP contribution in [0.1, 0.15) is 23.6 Å². The second-order valence-corrected chi connectivity index (χ2v) is 3.85. The third kappa shape index (κ3) is 3.43. The molecule has 76 valence electrons. The van der Waals surface area contributed by atoms with Crippen LogP contribution in [0.3, 0.4) is 0 Å². The van der Waals surface area contributed by atoms with Crippen LogP contribution in [0.15, 0.2) is 11.7 Å². The minimum atomic E-state index is 0. The summed E-state index contributed by atoms with van der Waals surface area (Å²) < 4.78 is 0. The fraction of sp³-hybridized carbons (Fsp3) is 0.625. The minimum Gasteiger partial charge on any atom is -0.317 e. The molecule has 1 aromatic rings. The molecule has 0 unspecified atom stereocenters. The standard InChI is InChI=1S/C8H12N2S.2ClH/c1-3-9-4-2-7(1)8-5-10-6-11-8;;/h5-7,9H,1-4H2;2*1H. The predicted molar refractivity (Wildman–Crippen MR) is 61.5 cm³/mol. The van der Waals surface area contributed by atoms with Crippen molar-refractivity contribution in [1.29, 1.82) is 0 Å². The first-order chi connectivity index (χ1) is 5.47. The van der Waals surface area contributed by atoms with Crippen LogP contribution in [0.25, 0.3) is 0 Å². The number of halogens is 2. The van der Waals surface area contributed by atoms with Crippen LogP contribution in [0.2, 0.25) is 0 Å². The molecule has 1 fully saturated rings. The van der Waals surface area contributed by atoms with Crippen molar-refractivity contribution in [2.45, 2.75) is 18.8 Å². The van der Waals surface area contributed by atoms with Crippen LogP contribution in [0.4, 0.5) is 0 Å². The Morgan fingerprint density at radius 3 is 2.54 bits per heavy atom. The zero-order chi connectivity index (χ0) is 7.52. The number of piperidine rings is 1. The molecule has 2 rings (SSSR count). The lowest BCUT2D eigenvalue weighted by Gasteiger charge is -2.20. The van der Waals surface area contributed by atoms with Gasteiger partial charge in [0.15, 0.2) is 0 Å². The van der Waals surface area contributed by atoms with Crippen molar-refractivity contribution in [3.8, 4) is 0 Å². The highest BCUT2D eigenvalue weighted by atomic mass is 35.5. The van der Waals surface area contributed by atoms with E-state index in [1.54, 1.807) is 11.3 Å². The summed E-state index contributed by atoms with van der Waals surface area (Å²) in [7, 11) is 0. The van der Waals surface area contributed by atoms with Gasteiger partial charge in [-0.1, -0.05) is 0 Å². The van der Waals surface area contributed by atoms with Crippen molar-refractivity contribution >= 4 is 36.2 Å². The van der Waals surface area contributed by atoms with Gasteiger partial charge in [0.1, 0.15) is 0 Å². The highest BCUT2D eigenvalue weighted by Crippen LogP contribution is 2.27. The third-order valence-corrected chi connectivity index (χ3v) is 3.13. The molecule has 2 nitrogen and oxygen atoms in total. The molecule has 0 radical (unpaired) electrons. The second kappa shape index (κ2) is 6.60. The average Bonchev–Trinajstić information content (AvgIpc) is 2.58. The quantitative estimate of drug-likeness (QED) is 0.816. The van der Waals surface area contributed by atoms with Gasteiger partial charge in [0.2, 0.25) is 0 Å². The largest absolute Gasteiger partial charge is 0.317 e. The summed E-state index contributed by atoms with van der Waals surface area (Å²) in [5, 5.41) is 3.36. The van der Waals surface area contributed by atoms with E-state index in [0.29, 0.717) is 0 Å². The summed E-state index contributed by atoms with van der Waals surface area (Å²) in [6.45, 7) is 2.34. The molecule has 0 spiro atoms. The van der Waals surface area contributed by atoms with Crippen molar-refractivity contribution in [2.75, 3.05) is 13.1 Å². The predicted octanol–water partition coefficient (Wildman–Crippen LogP) is 2.45. The Kier molecular flexibility index (Phi) is 6.68. The summed E-state index contributed by atoms with van der Waals surface area (Å²) in [6, 6.07) is 0. The van der Waals surface area contributed by atoms with E-state index < -0.39 is 0 Å². The molecule has 2 heterocycles. The number of aromatic nitrogens is 1. The number of hydrogen-bond donors (Lipinski definition) is 1. The lowest BCUT2D eigenvalue weighted by atomic mass is 9.97. The number of rotatable bonds is 1. The normalized spacial score (nSPS) is 17.2. The van der Waals surface area contributed by atoms with Crippen LogP contribution in [-0.4, -0.2) is 18.1 Å². The zero-order valence-electron chi connectivity index (χ0n) is 7.23. The fourth-order valence-corrected chi connectivity index (χ4v) is 2.33. The molecule has 0 bridgehead atoms. The monoisotopic (exact) mass is 240 g/mol. The summed E-state index contributed by atoms with van der Waals surface area (Å²) in [6.07, 6.45) is 4.57. The highest BCUT2D eigenvalue weighted by Gasteiger charge is 2.15. The van der Waals surface area contributed by atoms with Crippen molar-refractivity contribution in [1.82, 2.24) is 10.3 Å². The molecule has 13 heavy (non-hydrogen) atoms. The van der Waals surface area contributed by atoms with Crippen LogP contribution < -0.4 is 5.32 Å². The molecule has 1 aliphatic rings. The average molecular weight is 241 g/mol. The Balaban J connectivity index is 0.000000720. The van der Waals surface area contributed by atoms with E-state index in [4.69, 9.17) is 0 Å². The molecule has 5 heteroatoms. The van der Waals surface area contributed by atoms with Gasteiger partial charge in [-0.25, -0.2) is 0 Å². The van der Waals surface area contributed by atoms with Gasteiger partial charge < -0.3 is 5.32 Å². The van der Waals surface area contributed by atoms with Crippen molar-refractivity contribution in [2.24, 2.45) is 0 Å². The molecule has 1 aromatic heterocycles. The van der Waals surface area contributed by atoms with Crippen molar-refractivity contribution in [3.63, 3.8) is 0 Å². The lowest BCUT2D eigenvalue weighted by Crippen LogP contribution is -2.26. The van der Waals surface area contributed by atoms with Gasteiger partial charge in [-0.2, -0.15) is 0 Å². The smallest absolute Gasteiger partial charge is 0.0794 e. The van der Waals surface area contributed by atoms with E-state index >= 15 is 0 Å². The van der Waals surface area contributed by atoms with E-state index in [9.17, 15) is 0 Å². The minimum absolute atomic E-state index is 0. The van der Waals surface area contributed by atoms with Crippen LogP contribution in [0, 0.1) is 0 Å². The Hall–Kier alpha value is 0.170. The van der Waals surface area contributed by atoms with Gasteiger partial charge in [0.05, 0.1) is 5.51 Å². The van der Waals surface area contributed by atoms with E-state index in [0.717, 1.165) is 5.92 Å². The summed E-state index contributed by atoms with van der Waals surface area (Å²) >= 11 is 1.79. The molecule has 0 aliphatic carbocycles. The Labute approximate surface area is 95.0 Å². The maximum atomic E-state index is 4.10. The SMILES string of the molecule is Cl.Cl.c1ncc(C2CCNCC2)s1. The molecule has 0 saturated carbocycles. The van der Waals surface area contributed by atoms with E-state index in [1.165, 1.54) is 30.8 Å².